The Morgan fingerprint density at radius 3 is 2.90 bits per heavy atom. The summed E-state index contributed by atoms with van der Waals surface area (Å²) in [6.45, 7) is 4.86. The number of likely N-dealkylation sites (tertiary alicyclic amines) is 1. The molecule has 1 fully saturated rings. The maximum atomic E-state index is 11.0. The zero-order valence-corrected chi connectivity index (χ0v) is 13.5. The lowest BCUT2D eigenvalue weighted by Crippen LogP contribution is -2.44. The van der Waals surface area contributed by atoms with Gasteiger partial charge in [0, 0.05) is 37.9 Å². The predicted octanol–water partition coefficient (Wildman–Crippen LogP) is 2.42. The summed E-state index contributed by atoms with van der Waals surface area (Å²) in [6, 6.07) is 0.369. The number of alkyl halides is 1. The molecule has 1 N–H and O–H groups in total. The number of amides is 1. The second-order valence-corrected chi connectivity index (χ2v) is 6.50. The van der Waals surface area contributed by atoms with Crippen molar-refractivity contribution < 1.29 is 4.79 Å². The van der Waals surface area contributed by atoms with Crippen molar-refractivity contribution in [3.63, 3.8) is 0 Å². The van der Waals surface area contributed by atoms with E-state index >= 15 is 0 Å². The van der Waals surface area contributed by atoms with Gasteiger partial charge in [-0.25, -0.2) is 4.98 Å². The molecule has 1 aromatic heterocycles. The number of hydrogen-bond acceptors (Lipinski definition) is 4. The van der Waals surface area contributed by atoms with E-state index in [4.69, 9.17) is 11.6 Å². The lowest BCUT2D eigenvalue weighted by molar-refractivity contribution is -0.119. The van der Waals surface area contributed by atoms with E-state index in [-0.39, 0.29) is 5.91 Å². The van der Waals surface area contributed by atoms with Crippen molar-refractivity contribution in [2.24, 2.45) is 0 Å². The molecule has 0 saturated carbocycles. The van der Waals surface area contributed by atoms with E-state index in [0.29, 0.717) is 11.9 Å². The van der Waals surface area contributed by atoms with E-state index in [1.165, 1.54) is 5.01 Å². The molecule has 0 aromatic carbocycles. The van der Waals surface area contributed by atoms with Gasteiger partial charge in [0.1, 0.15) is 0 Å². The molecular weight excluding hydrogens is 294 g/mol. The zero-order valence-electron chi connectivity index (χ0n) is 11.9. The van der Waals surface area contributed by atoms with E-state index in [1.54, 1.807) is 18.3 Å². The second-order valence-electron chi connectivity index (χ2n) is 5.29. The third-order valence-corrected chi connectivity index (χ3v) is 4.83. The van der Waals surface area contributed by atoms with Gasteiger partial charge in [0.05, 0.1) is 16.6 Å². The van der Waals surface area contributed by atoms with Gasteiger partial charge in [0.2, 0.25) is 5.91 Å². The molecule has 20 heavy (non-hydrogen) atoms. The van der Waals surface area contributed by atoms with Crippen LogP contribution in [-0.4, -0.2) is 41.5 Å². The Kier molecular flexibility index (Phi) is 6.26. The van der Waals surface area contributed by atoms with Crippen LogP contribution in [0.4, 0.5) is 0 Å². The molecule has 1 aliphatic heterocycles. The van der Waals surface area contributed by atoms with Gasteiger partial charge in [-0.05, 0) is 25.8 Å². The van der Waals surface area contributed by atoms with Crippen molar-refractivity contribution in [3.8, 4) is 0 Å². The standard InChI is InChI=1S/C14H22ClN3OS/c1-11(19)16-12-4-7-18(8-5-12)6-2-3-14-17-13(9-15)10-20-14/h10,12H,2-9H2,1H3,(H,16,19). The SMILES string of the molecule is CC(=O)NC1CCN(CCCc2nc(CCl)cs2)CC1. The number of nitrogens with one attached hydrogen (secondary N) is 1. The molecule has 0 bridgehead atoms. The highest BCUT2D eigenvalue weighted by molar-refractivity contribution is 7.09. The van der Waals surface area contributed by atoms with Crippen LogP contribution in [0.1, 0.15) is 36.9 Å². The first-order valence-corrected chi connectivity index (χ1v) is 8.57. The van der Waals surface area contributed by atoms with Gasteiger partial charge in [-0.3, -0.25) is 4.79 Å². The molecule has 0 radical (unpaired) electrons. The quantitative estimate of drug-likeness (QED) is 0.820. The van der Waals surface area contributed by atoms with Crippen molar-refractivity contribution in [3.05, 3.63) is 16.1 Å². The van der Waals surface area contributed by atoms with Crippen molar-refractivity contribution >= 4 is 28.8 Å². The fraction of sp³-hybridized carbons (Fsp3) is 0.714. The van der Waals surface area contributed by atoms with Gasteiger partial charge in [-0.1, -0.05) is 0 Å². The first kappa shape index (κ1) is 15.7. The number of nitrogens with zero attached hydrogens (tertiary/aromatic N) is 2. The summed E-state index contributed by atoms with van der Waals surface area (Å²) in [5, 5.41) is 6.24. The molecule has 2 rings (SSSR count). The summed E-state index contributed by atoms with van der Waals surface area (Å²) in [4.78, 5) is 18.0. The van der Waals surface area contributed by atoms with Gasteiger partial charge in [0.15, 0.2) is 0 Å². The Hall–Kier alpha value is -0.650. The molecular formula is C14H22ClN3OS. The van der Waals surface area contributed by atoms with Gasteiger partial charge in [0.25, 0.3) is 0 Å². The summed E-state index contributed by atoms with van der Waals surface area (Å²) >= 11 is 7.46. The Morgan fingerprint density at radius 2 is 2.30 bits per heavy atom. The maximum Gasteiger partial charge on any atom is 0.217 e. The summed E-state index contributed by atoms with van der Waals surface area (Å²) < 4.78 is 0. The number of aromatic nitrogens is 1. The topological polar surface area (TPSA) is 45.2 Å². The van der Waals surface area contributed by atoms with Gasteiger partial charge in [-0.2, -0.15) is 0 Å². The second kappa shape index (κ2) is 7.96. The number of carbonyl (C=O) groups excluding carboxylic acids is 1. The van der Waals surface area contributed by atoms with Crippen LogP contribution in [0.15, 0.2) is 5.38 Å². The van der Waals surface area contributed by atoms with Crippen LogP contribution in [0.5, 0.6) is 0 Å². The molecule has 2 heterocycles. The Morgan fingerprint density at radius 1 is 1.55 bits per heavy atom. The lowest BCUT2D eigenvalue weighted by atomic mass is 10.0. The number of hydrogen-bond donors (Lipinski definition) is 1. The first-order chi connectivity index (χ1) is 9.67. The number of rotatable bonds is 6. The number of carbonyl (C=O) groups is 1. The Balaban J connectivity index is 1.62. The van der Waals surface area contributed by atoms with E-state index in [2.05, 4.69) is 15.2 Å². The molecule has 0 spiro atoms. The highest BCUT2D eigenvalue weighted by atomic mass is 35.5. The Labute approximate surface area is 129 Å². The summed E-state index contributed by atoms with van der Waals surface area (Å²) in [5.74, 6) is 0.593. The maximum absolute atomic E-state index is 11.0. The number of piperidine rings is 1. The normalized spacial score (nSPS) is 17.3. The molecule has 6 heteroatoms. The van der Waals surface area contributed by atoms with Crippen LogP contribution in [0.3, 0.4) is 0 Å². The first-order valence-electron chi connectivity index (χ1n) is 7.16. The van der Waals surface area contributed by atoms with Crippen molar-refractivity contribution in [1.29, 1.82) is 0 Å². The van der Waals surface area contributed by atoms with E-state index < -0.39 is 0 Å². The lowest BCUT2D eigenvalue weighted by Gasteiger charge is -2.32. The number of halogens is 1. The van der Waals surface area contributed by atoms with Crippen molar-refractivity contribution in [1.82, 2.24) is 15.2 Å². The average molecular weight is 316 g/mol. The summed E-state index contributed by atoms with van der Waals surface area (Å²) in [6.07, 6.45) is 4.30. The molecule has 0 atom stereocenters. The molecule has 1 saturated heterocycles. The van der Waals surface area contributed by atoms with E-state index in [9.17, 15) is 4.79 Å². The van der Waals surface area contributed by atoms with Crippen LogP contribution in [0, 0.1) is 0 Å². The van der Waals surface area contributed by atoms with Gasteiger partial charge in [-0.15, -0.1) is 22.9 Å². The minimum absolute atomic E-state index is 0.0855. The van der Waals surface area contributed by atoms with Gasteiger partial charge < -0.3 is 10.2 Å². The summed E-state index contributed by atoms with van der Waals surface area (Å²) in [5.41, 5.74) is 0.989. The van der Waals surface area contributed by atoms with E-state index in [0.717, 1.165) is 51.0 Å². The average Bonchev–Trinajstić information content (AvgIpc) is 2.88. The monoisotopic (exact) mass is 315 g/mol. The molecule has 1 aromatic rings. The largest absolute Gasteiger partial charge is 0.354 e. The minimum Gasteiger partial charge on any atom is -0.354 e. The van der Waals surface area contributed by atoms with Crippen LogP contribution >= 0.6 is 22.9 Å². The summed E-state index contributed by atoms with van der Waals surface area (Å²) in [7, 11) is 0. The number of aryl methyl sites for hydroxylation is 1. The Bertz CT molecular complexity index is 430. The fourth-order valence-electron chi connectivity index (χ4n) is 2.57. The zero-order chi connectivity index (χ0) is 14.4. The molecule has 0 unspecified atom stereocenters. The van der Waals surface area contributed by atoms with Crippen LogP contribution in [0.2, 0.25) is 0 Å². The van der Waals surface area contributed by atoms with Crippen LogP contribution in [0.25, 0.3) is 0 Å². The highest BCUT2D eigenvalue weighted by Crippen LogP contribution is 2.15. The van der Waals surface area contributed by atoms with Gasteiger partial charge >= 0.3 is 0 Å². The van der Waals surface area contributed by atoms with Crippen molar-refractivity contribution in [2.75, 3.05) is 19.6 Å². The fourth-order valence-corrected chi connectivity index (χ4v) is 3.64. The molecule has 4 nitrogen and oxygen atoms in total. The number of thiazole rings is 1. The van der Waals surface area contributed by atoms with Crippen LogP contribution in [-0.2, 0) is 17.1 Å². The highest BCUT2D eigenvalue weighted by Gasteiger charge is 2.19. The smallest absolute Gasteiger partial charge is 0.217 e. The predicted molar refractivity (Wildman–Crippen MR) is 83.3 cm³/mol. The molecule has 0 aliphatic carbocycles. The minimum atomic E-state index is 0.0855. The van der Waals surface area contributed by atoms with Crippen LogP contribution < -0.4 is 5.32 Å². The molecule has 112 valence electrons. The van der Waals surface area contributed by atoms with E-state index in [1.807, 2.05) is 5.38 Å². The third kappa shape index (κ3) is 5.04. The molecule has 1 amide bonds. The van der Waals surface area contributed by atoms with Crippen molar-refractivity contribution in [2.45, 2.75) is 44.5 Å². The third-order valence-electron chi connectivity index (χ3n) is 3.60. The molecule has 1 aliphatic rings.